The van der Waals surface area contributed by atoms with Crippen LogP contribution in [0.25, 0.3) is 0 Å². The third-order valence-electron chi connectivity index (χ3n) is 3.42. The Kier molecular flexibility index (Phi) is 3.15. The van der Waals surface area contributed by atoms with Gasteiger partial charge in [-0.15, -0.1) is 0 Å². The Morgan fingerprint density at radius 3 is 2.83 bits per heavy atom. The van der Waals surface area contributed by atoms with Gasteiger partial charge in [0.25, 0.3) is 0 Å². The standard InChI is InChI=1S/C15H19N3/c1-12-7-8-17-18(12)11-14-4-2-3-13(9-14)10-16-15-5-6-15/h2-4,7-9,15-16H,5-6,10-11H2,1H3. The lowest BCUT2D eigenvalue weighted by molar-refractivity contribution is 0.660. The molecule has 1 heterocycles. The first-order valence-electron chi connectivity index (χ1n) is 6.61. The second kappa shape index (κ2) is 4.94. The van der Waals surface area contributed by atoms with E-state index in [1.165, 1.54) is 29.7 Å². The first-order chi connectivity index (χ1) is 8.81. The highest BCUT2D eigenvalue weighted by Gasteiger charge is 2.19. The van der Waals surface area contributed by atoms with Crippen molar-refractivity contribution in [3.63, 3.8) is 0 Å². The molecule has 3 rings (SSSR count). The summed E-state index contributed by atoms with van der Waals surface area (Å²) in [6, 6.07) is 11.6. The SMILES string of the molecule is Cc1ccnn1Cc1cccc(CNC2CC2)c1. The molecule has 0 amide bonds. The summed E-state index contributed by atoms with van der Waals surface area (Å²) in [5, 5.41) is 7.87. The van der Waals surface area contributed by atoms with Gasteiger partial charge in [-0.2, -0.15) is 5.10 Å². The second-order valence-electron chi connectivity index (χ2n) is 5.11. The van der Waals surface area contributed by atoms with Gasteiger partial charge >= 0.3 is 0 Å². The van der Waals surface area contributed by atoms with E-state index in [9.17, 15) is 0 Å². The third-order valence-corrected chi connectivity index (χ3v) is 3.42. The van der Waals surface area contributed by atoms with E-state index in [2.05, 4.69) is 41.6 Å². The van der Waals surface area contributed by atoms with Gasteiger partial charge in [-0.3, -0.25) is 4.68 Å². The Bertz CT molecular complexity index is 526. The van der Waals surface area contributed by atoms with Crippen LogP contribution in [0.3, 0.4) is 0 Å². The van der Waals surface area contributed by atoms with Gasteiger partial charge in [0.1, 0.15) is 0 Å². The summed E-state index contributed by atoms with van der Waals surface area (Å²) >= 11 is 0. The van der Waals surface area contributed by atoms with Gasteiger partial charge in [0.15, 0.2) is 0 Å². The van der Waals surface area contributed by atoms with Gasteiger partial charge in [0, 0.05) is 24.5 Å². The molecular weight excluding hydrogens is 222 g/mol. The molecule has 0 atom stereocenters. The van der Waals surface area contributed by atoms with Crippen molar-refractivity contribution in [3.05, 3.63) is 53.3 Å². The van der Waals surface area contributed by atoms with Crippen LogP contribution in [0, 0.1) is 6.92 Å². The van der Waals surface area contributed by atoms with Crippen molar-refractivity contribution < 1.29 is 0 Å². The second-order valence-corrected chi connectivity index (χ2v) is 5.11. The van der Waals surface area contributed by atoms with E-state index in [-0.39, 0.29) is 0 Å². The quantitative estimate of drug-likeness (QED) is 0.871. The molecule has 0 unspecified atom stereocenters. The summed E-state index contributed by atoms with van der Waals surface area (Å²) in [5.41, 5.74) is 3.89. The normalized spacial score (nSPS) is 14.9. The summed E-state index contributed by atoms with van der Waals surface area (Å²) in [4.78, 5) is 0. The van der Waals surface area contributed by atoms with Gasteiger partial charge in [-0.05, 0) is 37.0 Å². The number of aryl methyl sites for hydroxylation is 1. The number of aromatic nitrogens is 2. The van der Waals surface area contributed by atoms with Crippen molar-refractivity contribution in [2.45, 2.75) is 38.9 Å². The Morgan fingerprint density at radius 1 is 1.28 bits per heavy atom. The summed E-state index contributed by atoms with van der Waals surface area (Å²) < 4.78 is 2.04. The van der Waals surface area contributed by atoms with Crippen LogP contribution in [0.2, 0.25) is 0 Å². The topological polar surface area (TPSA) is 29.9 Å². The molecule has 0 aliphatic heterocycles. The Morgan fingerprint density at radius 2 is 2.11 bits per heavy atom. The average Bonchev–Trinajstić information content (AvgIpc) is 3.13. The van der Waals surface area contributed by atoms with E-state index in [1.54, 1.807) is 0 Å². The number of benzene rings is 1. The van der Waals surface area contributed by atoms with Crippen LogP contribution in [0.15, 0.2) is 36.5 Å². The van der Waals surface area contributed by atoms with E-state index < -0.39 is 0 Å². The third kappa shape index (κ3) is 2.79. The fraction of sp³-hybridized carbons (Fsp3) is 0.400. The first kappa shape index (κ1) is 11.5. The van der Waals surface area contributed by atoms with Crippen LogP contribution < -0.4 is 5.32 Å². The zero-order valence-electron chi connectivity index (χ0n) is 10.8. The highest BCUT2D eigenvalue weighted by molar-refractivity contribution is 5.24. The van der Waals surface area contributed by atoms with Crippen LogP contribution >= 0.6 is 0 Å². The molecule has 1 fully saturated rings. The number of hydrogen-bond acceptors (Lipinski definition) is 2. The molecule has 3 nitrogen and oxygen atoms in total. The lowest BCUT2D eigenvalue weighted by atomic mass is 10.1. The maximum Gasteiger partial charge on any atom is 0.0662 e. The van der Waals surface area contributed by atoms with Crippen LogP contribution in [-0.2, 0) is 13.1 Å². The van der Waals surface area contributed by atoms with Crippen LogP contribution in [0.1, 0.15) is 29.7 Å². The van der Waals surface area contributed by atoms with E-state index >= 15 is 0 Å². The number of nitrogens with one attached hydrogen (secondary N) is 1. The van der Waals surface area contributed by atoms with Gasteiger partial charge in [-0.25, -0.2) is 0 Å². The zero-order valence-corrected chi connectivity index (χ0v) is 10.8. The average molecular weight is 241 g/mol. The minimum atomic E-state index is 0.766. The fourth-order valence-corrected chi connectivity index (χ4v) is 2.12. The van der Waals surface area contributed by atoms with Crippen LogP contribution in [0.5, 0.6) is 0 Å². The minimum Gasteiger partial charge on any atom is -0.310 e. The molecule has 3 heteroatoms. The van der Waals surface area contributed by atoms with Crippen LogP contribution in [0.4, 0.5) is 0 Å². The summed E-state index contributed by atoms with van der Waals surface area (Å²) in [5.74, 6) is 0. The molecule has 1 aromatic heterocycles. The molecule has 0 radical (unpaired) electrons. The maximum absolute atomic E-state index is 4.33. The van der Waals surface area contributed by atoms with Crippen molar-refractivity contribution in [1.29, 1.82) is 0 Å². The highest BCUT2D eigenvalue weighted by atomic mass is 15.3. The van der Waals surface area contributed by atoms with Crippen molar-refractivity contribution in [3.8, 4) is 0 Å². The molecule has 1 saturated carbocycles. The molecule has 1 N–H and O–H groups in total. The van der Waals surface area contributed by atoms with Gasteiger partial charge in [0.2, 0.25) is 0 Å². The van der Waals surface area contributed by atoms with Crippen molar-refractivity contribution >= 4 is 0 Å². The van der Waals surface area contributed by atoms with Crippen molar-refractivity contribution in [2.75, 3.05) is 0 Å². The largest absolute Gasteiger partial charge is 0.310 e. The Hall–Kier alpha value is -1.61. The lowest BCUT2D eigenvalue weighted by Crippen LogP contribution is -2.15. The summed E-state index contributed by atoms with van der Waals surface area (Å²) in [6.07, 6.45) is 4.53. The predicted octanol–water partition coefficient (Wildman–Crippen LogP) is 2.49. The maximum atomic E-state index is 4.33. The fourth-order valence-electron chi connectivity index (χ4n) is 2.12. The smallest absolute Gasteiger partial charge is 0.0662 e. The molecule has 1 aliphatic carbocycles. The zero-order chi connectivity index (χ0) is 12.4. The van der Waals surface area contributed by atoms with Gasteiger partial charge in [-0.1, -0.05) is 24.3 Å². The van der Waals surface area contributed by atoms with E-state index in [4.69, 9.17) is 0 Å². The monoisotopic (exact) mass is 241 g/mol. The molecule has 0 spiro atoms. The van der Waals surface area contributed by atoms with Gasteiger partial charge in [0.05, 0.1) is 6.54 Å². The van der Waals surface area contributed by atoms with Crippen molar-refractivity contribution in [2.24, 2.45) is 0 Å². The highest BCUT2D eigenvalue weighted by Crippen LogP contribution is 2.19. The molecular formula is C15H19N3. The van der Waals surface area contributed by atoms with Crippen LogP contribution in [-0.4, -0.2) is 15.8 Å². The Balaban J connectivity index is 1.67. The molecule has 0 bridgehead atoms. The van der Waals surface area contributed by atoms with E-state index in [0.717, 1.165) is 19.1 Å². The number of nitrogens with zero attached hydrogens (tertiary/aromatic N) is 2. The lowest BCUT2D eigenvalue weighted by Gasteiger charge is -2.08. The molecule has 0 saturated heterocycles. The Labute approximate surface area is 108 Å². The first-order valence-corrected chi connectivity index (χ1v) is 6.61. The number of rotatable bonds is 5. The summed E-state index contributed by atoms with van der Waals surface area (Å²) in [6.45, 7) is 3.93. The number of hydrogen-bond donors (Lipinski definition) is 1. The summed E-state index contributed by atoms with van der Waals surface area (Å²) in [7, 11) is 0. The molecule has 94 valence electrons. The molecule has 1 aromatic carbocycles. The molecule has 2 aromatic rings. The van der Waals surface area contributed by atoms with Gasteiger partial charge < -0.3 is 5.32 Å². The molecule has 18 heavy (non-hydrogen) atoms. The minimum absolute atomic E-state index is 0.766. The molecule has 1 aliphatic rings. The van der Waals surface area contributed by atoms with Crippen molar-refractivity contribution in [1.82, 2.24) is 15.1 Å². The van der Waals surface area contributed by atoms with E-state index in [1.807, 2.05) is 16.9 Å². The van der Waals surface area contributed by atoms with E-state index in [0.29, 0.717) is 0 Å². The predicted molar refractivity (Wildman–Crippen MR) is 72.4 cm³/mol.